The minimum atomic E-state index is 0.585. The summed E-state index contributed by atoms with van der Waals surface area (Å²) in [4.78, 5) is 0. The molecule has 14 heavy (non-hydrogen) atoms. The maximum atomic E-state index is 3.57. The van der Waals surface area contributed by atoms with Crippen LogP contribution in [-0.4, -0.2) is 12.6 Å². The Morgan fingerprint density at radius 1 is 1.07 bits per heavy atom. The first-order valence-electron chi connectivity index (χ1n) is 6.37. The number of hydrogen-bond donors (Lipinski definition) is 1. The third-order valence-corrected chi connectivity index (χ3v) is 4.78. The summed E-state index contributed by atoms with van der Waals surface area (Å²) < 4.78 is 0. The summed E-state index contributed by atoms with van der Waals surface area (Å²) in [5.74, 6) is 2.90. The molecule has 2 rings (SSSR count). The van der Waals surface area contributed by atoms with Gasteiger partial charge in [0, 0.05) is 5.54 Å². The lowest BCUT2D eigenvalue weighted by Gasteiger charge is -2.35. The molecule has 1 N–H and O–H groups in total. The van der Waals surface area contributed by atoms with Crippen LogP contribution in [0, 0.1) is 17.8 Å². The summed E-state index contributed by atoms with van der Waals surface area (Å²) >= 11 is 0. The lowest BCUT2D eigenvalue weighted by molar-refractivity contribution is 0.183. The third kappa shape index (κ3) is 1.84. The first kappa shape index (κ1) is 10.5. The number of rotatable bonds is 3. The van der Waals surface area contributed by atoms with E-state index < -0.39 is 0 Å². The van der Waals surface area contributed by atoms with Gasteiger partial charge in [0.25, 0.3) is 0 Å². The third-order valence-electron chi connectivity index (χ3n) is 4.78. The lowest BCUT2D eigenvalue weighted by Crippen LogP contribution is -2.38. The molecule has 1 heteroatoms. The zero-order chi connectivity index (χ0) is 10.2. The Morgan fingerprint density at radius 3 is 2.00 bits per heavy atom. The molecule has 0 heterocycles. The molecule has 2 saturated carbocycles. The van der Waals surface area contributed by atoms with Crippen LogP contribution in [0.15, 0.2) is 0 Å². The van der Waals surface area contributed by atoms with Crippen molar-refractivity contribution < 1.29 is 0 Å². The van der Waals surface area contributed by atoms with Crippen molar-refractivity contribution in [2.75, 3.05) is 7.05 Å². The smallest absolute Gasteiger partial charge is 0.0208 e. The zero-order valence-electron chi connectivity index (χ0n) is 9.97. The Balaban J connectivity index is 1.84. The summed E-state index contributed by atoms with van der Waals surface area (Å²) in [5.41, 5.74) is 0.585. The van der Waals surface area contributed by atoms with Crippen LogP contribution in [-0.2, 0) is 0 Å². The van der Waals surface area contributed by atoms with Crippen molar-refractivity contribution in [2.24, 2.45) is 17.8 Å². The lowest BCUT2D eigenvalue weighted by atomic mass is 9.73. The molecule has 0 aromatic rings. The van der Waals surface area contributed by atoms with Crippen molar-refractivity contribution in [3.05, 3.63) is 0 Å². The largest absolute Gasteiger partial charge is 0.314 e. The number of nitrogens with one attached hydrogen (secondary N) is 1. The van der Waals surface area contributed by atoms with E-state index in [0.717, 1.165) is 17.8 Å². The highest BCUT2D eigenvalue weighted by molar-refractivity contribution is 5.06. The van der Waals surface area contributed by atoms with E-state index in [1.165, 1.54) is 38.5 Å². The van der Waals surface area contributed by atoms with Crippen LogP contribution >= 0.6 is 0 Å². The van der Waals surface area contributed by atoms with Gasteiger partial charge in [-0.1, -0.05) is 13.8 Å². The van der Waals surface area contributed by atoms with Gasteiger partial charge in [-0.3, -0.25) is 0 Å². The highest BCUT2D eigenvalue weighted by Crippen LogP contribution is 2.49. The Labute approximate surface area is 88.7 Å². The van der Waals surface area contributed by atoms with E-state index in [2.05, 4.69) is 26.2 Å². The molecular formula is C13H25N. The molecule has 0 amide bonds. The van der Waals surface area contributed by atoms with Crippen LogP contribution < -0.4 is 5.32 Å². The predicted molar refractivity (Wildman–Crippen MR) is 61.3 cm³/mol. The van der Waals surface area contributed by atoms with Crippen LogP contribution in [0.5, 0.6) is 0 Å². The van der Waals surface area contributed by atoms with Gasteiger partial charge in [-0.15, -0.1) is 0 Å². The van der Waals surface area contributed by atoms with E-state index in [1.807, 2.05) is 0 Å². The molecule has 0 atom stereocenters. The van der Waals surface area contributed by atoms with Crippen molar-refractivity contribution >= 4 is 0 Å². The van der Waals surface area contributed by atoms with Gasteiger partial charge in [-0.25, -0.2) is 0 Å². The quantitative estimate of drug-likeness (QED) is 0.729. The summed E-state index contributed by atoms with van der Waals surface area (Å²) in [7, 11) is 2.15. The van der Waals surface area contributed by atoms with Crippen molar-refractivity contribution in [2.45, 2.75) is 57.9 Å². The average Bonchev–Trinajstić information content (AvgIpc) is 2.99. The van der Waals surface area contributed by atoms with Gasteiger partial charge in [0.05, 0.1) is 0 Å². The normalized spacial score (nSPS) is 36.0. The minimum absolute atomic E-state index is 0.585. The van der Waals surface area contributed by atoms with Crippen molar-refractivity contribution in [1.29, 1.82) is 0 Å². The van der Waals surface area contributed by atoms with E-state index in [0.29, 0.717) is 5.54 Å². The molecule has 0 saturated heterocycles. The molecule has 0 aromatic carbocycles. The Kier molecular flexibility index (Phi) is 2.88. The SMILES string of the molecule is CNC1(C2CCC(C(C)C)CC2)CC1. The molecule has 2 aliphatic carbocycles. The van der Waals surface area contributed by atoms with Gasteiger partial charge in [-0.05, 0) is 63.3 Å². The molecular weight excluding hydrogens is 170 g/mol. The molecule has 0 radical (unpaired) electrons. The Morgan fingerprint density at radius 2 is 1.64 bits per heavy atom. The van der Waals surface area contributed by atoms with E-state index in [1.54, 1.807) is 0 Å². The van der Waals surface area contributed by atoms with Crippen LogP contribution in [0.3, 0.4) is 0 Å². The Hall–Kier alpha value is -0.0400. The minimum Gasteiger partial charge on any atom is -0.314 e. The van der Waals surface area contributed by atoms with Gasteiger partial charge in [0.15, 0.2) is 0 Å². The second kappa shape index (κ2) is 3.84. The summed E-state index contributed by atoms with van der Waals surface area (Å²) in [6, 6.07) is 0. The van der Waals surface area contributed by atoms with Gasteiger partial charge >= 0.3 is 0 Å². The first-order valence-corrected chi connectivity index (χ1v) is 6.37. The van der Waals surface area contributed by atoms with Crippen molar-refractivity contribution in [1.82, 2.24) is 5.32 Å². The fraction of sp³-hybridized carbons (Fsp3) is 1.00. The van der Waals surface area contributed by atoms with Gasteiger partial charge in [0.1, 0.15) is 0 Å². The average molecular weight is 195 g/mol. The molecule has 0 unspecified atom stereocenters. The second-order valence-corrected chi connectivity index (χ2v) is 5.76. The predicted octanol–water partition coefficient (Wildman–Crippen LogP) is 3.20. The van der Waals surface area contributed by atoms with Crippen molar-refractivity contribution in [3.63, 3.8) is 0 Å². The molecule has 0 aliphatic heterocycles. The summed E-state index contributed by atoms with van der Waals surface area (Å²) in [6.07, 6.45) is 8.77. The van der Waals surface area contributed by atoms with Gasteiger partial charge in [0.2, 0.25) is 0 Å². The standard InChI is InChI=1S/C13H25N/c1-10(2)11-4-6-12(7-5-11)13(14-3)8-9-13/h10-12,14H,4-9H2,1-3H3. The van der Waals surface area contributed by atoms with Gasteiger partial charge in [-0.2, -0.15) is 0 Å². The monoisotopic (exact) mass is 195 g/mol. The highest BCUT2D eigenvalue weighted by Gasteiger charge is 2.48. The second-order valence-electron chi connectivity index (χ2n) is 5.76. The maximum absolute atomic E-state index is 3.57. The molecule has 2 aliphatic rings. The zero-order valence-corrected chi connectivity index (χ0v) is 9.97. The molecule has 0 spiro atoms. The van der Waals surface area contributed by atoms with E-state index >= 15 is 0 Å². The van der Waals surface area contributed by atoms with Crippen LogP contribution in [0.1, 0.15) is 52.4 Å². The van der Waals surface area contributed by atoms with Crippen LogP contribution in [0.25, 0.3) is 0 Å². The van der Waals surface area contributed by atoms with Crippen LogP contribution in [0.4, 0.5) is 0 Å². The summed E-state index contributed by atoms with van der Waals surface area (Å²) in [5, 5.41) is 3.57. The molecule has 0 aromatic heterocycles. The van der Waals surface area contributed by atoms with E-state index in [4.69, 9.17) is 0 Å². The first-order chi connectivity index (χ1) is 6.68. The fourth-order valence-corrected chi connectivity index (χ4v) is 3.34. The van der Waals surface area contributed by atoms with Gasteiger partial charge < -0.3 is 5.32 Å². The van der Waals surface area contributed by atoms with E-state index in [-0.39, 0.29) is 0 Å². The van der Waals surface area contributed by atoms with Crippen molar-refractivity contribution in [3.8, 4) is 0 Å². The summed E-state index contributed by atoms with van der Waals surface area (Å²) in [6.45, 7) is 4.77. The topological polar surface area (TPSA) is 12.0 Å². The molecule has 0 bridgehead atoms. The van der Waals surface area contributed by atoms with Crippen LogP contribution in [0.2, 0.25) is 0 Å². The molecule has 82 valence electrons. The maximum Gasteiger partial charge on any atom is 0.0208 e. The number of hydrogen-bond acceptors (Lipinski definition) is 1. The fourth-order valence-electron chi connectivity index (χ4n) is 3.34. The molecule has 1 nitrogen and oxygen atoms in total. The molecule has 2 fully saturated rings. The highest BCUT2D eigenvalue weighted by atomic mass is 15.0. The Bertz CT molecular complexity index is 185. The van der Waals surface area contributed by atoms with E-state index in [9.17, 15) is 0 Å².